The van der Waals surface area contributed by atoms with E-state index >= 15 is 8.78 Å². The minimum atomic E-state index is -1.06. The van der Waals surface area contributed by atoms with E-state index in [0.29, 0.717) is 48.7 Å². The molecule has 0 saturated carbocycles. The lowest BCUT2D eigenvalue weighted by Gasteiger charge is -2.27. The third-order valence-electron chi connectivity index (χ3n) is 7.89. The summed E-state index contributed by atoms with van der Waals surface area (Å²) < 4.78 is 58.3. The Bertz CT molecular complexity index is 1870. The molecule has 1 N–H and O–H groups in total. The fraction of sp³-hybridized carbons (Fsp3) is 0.265. The highest BCUT2D eigenvalue weighted by Gasteiger charge is 2.20. The number of carbonyl (C=O) groups is 1. The number of carboxylic acids is 1. The van der Waals surface area contributed by atoms with E-state index in [1.165, 1.54) is 12.1 Å². The van der Waals surface area contributed by atoms with Crippen LogP contribution in [0.25, 0.3) is 22.3 Å². The molecule has 0 bridgehead atoms. The summed E-state index contributed by atoms with van der Waals surface area (Å²) in [4.78, 5) is 22.9. The van der Waals surface area contributed by atoms with Crippen molar-refractivity contribution in [1.29, 1.82) is 0 Å². The van der Waals surface area contributed by atoms with E-state index in [1.807, 2.05) is 4.57 Å². The molecule has 0 aliphatic carbocycles. The van der Waals surface area contributed by atoms with Gasteiger partial charge in [-0.15, -0.1) is 0 Å². The number of nitrogens with zero attached hydrogens (tertiary/aromatic N) is 4. The average molecular weight is 617 g/mol. The molecule has 0 unspecified atom stereocenters. The Balaban J connectivity index is 1.26. The fourth-order valence-corrected chi connectivity index (χ4v) is 5.41. The Morgan fingerprint density at radius 1 is 0.911 bits per heavy atom. The molecule has 232 valence electrons. The number of fused-ring (bicyclic) bond motifs is 1. The zero-order valence-electron chi connectivity index (χ0n) is 24.6. The van der Waals surface area contributed by atoms with Crippen LogP contribution in [0.5, 0.6) is 5.88 Å². The first-order valence-electron chi connectivity index (χ1n) is 14.6. The van der Waals surface area contributed by atoms with Crippen molar-refractivity contribution in [3.05, 3.63) is 112 Å². The van der Waals surface area contributed by atoms with Gasteiger partial charge in [0, 0.05) is 49.8 Å². The fourth-order valence-electron chi connectivity index (χ4n) is 5.41. The number of rotatable bonds is 10. The summed E-state index contributed by atoms with van der Waals surface area (Å²) in [6.07, 6.45) is -0.0120. The number of ether oxygens (including phenoxy) is 2. The lowest BCUT2D eigenvalue weighted by atomic mass is 10.0. The molecular formula is C34H31F3N4O4. The molecule has 11 heteroatoms. The molecule has 0 amide bonds. The third kappa shape index (κ3) is 6.84. The number of aryl methyl sites for hydroxylation is 1. The first kappa shape index (κ1) is 30.3. The second-order valence-corrected chi connectivity index (χ2v) is 11.0. The van der Waals surface area contributed by atoms with Crippen molar-refractivity contribution in [3.63, 3.8) is 0 Å². The van der Waals surface area contributed by atoms with Crippen LogP contribution in [0.1, 0.15) is 32.9 Å². The normalized spacial score (nSPS) is 13.8. The summed E-state index contributed by atoms with van der Waals surface area (Å²) in [6, 6.07) is 16.4. The lowest BCUT2D eigenvalue weighted by molar-refractivity contribution is 0.0364. The van der Waals surface area contributed by atoms with Gasteiger partial charge in [0.05, 0.1) is 35.5 Å². The summed E-state index contributed by atoms with van der Waals surface area (Å²) in [6.45, 7) is 5.67. The highest BCUT2D eigenvalue weighted by atomic mass is 19.1. The number of hydrogen-bond donors (Lipinski definition) is 1. The Morgan fingerprint density at radius 3 is 2.49 bits per heavy atom. The van der Waals surface area contributed by atoms with E-state index in [4.69, 9.17) is 9.47 Å². The number of benzene rings is 3. The summed E-state index contributed by atoms with van der Waals surface area (Å²) in [5.41, 5.74) is 2.65. The zero-order valence-corrected chi connectivity index (χ0v) is 24.6. The Kier molecular flexibility index (Phi) is 8.81. The van der Waals surface area contributed by atoms with Crippen LogP contribution >= 0.6 is 0 Å². The molecule has 3 heterocycles. The van der Waals surface area contributed by atoms with Crippen LogP contribution in [0.15, 0.2) is 66.7 Å². The number of pyridine rings is 1. The van der Waals surface area contributed by atoms with Gasteiger partial charge in [-0.1, -0.05) is 18.2 Å². The van der Waals surface area contributed by atoms with Gasteiger partial charge >= 0.3 is 5.97 Å². The first-order chi connectivity index (χ1) is 21.7. The van der Waals surface area contributed by atoms with Gasteiger partial charge < -0.3 is 19.1 Å². The second kappa shape index (κ2) is 13.1. The van der Waals surface area contributed by atoms with Gasteiger partial charge in [-0.3, -0.25) is 4.90 Å². The minimum absolute atomic E-state index is 0.0120. The van der Waals surface area contributed by atoms with E-state index in [-0.39, 0.29) is 41.3 Å². The molecule has 3 aromatic carbocycles. The van der Waals surface area contributed by atoms with Gasteiger partial charge in [0.2, 0.25) is 5.88 Å². The van der Waals surface area contributed by atoms with Crippen LogP contribution in [-0.2, 0) is 24.3 Å². The van der Waals surface area contributed by atoms with Gasteiger partial charge in [-0.25, -0.2) is 27.9 Å². The van der Waals surface area contributed by atoms with Gasteiger partial charge in [0.15, 0.2) is 0 Å². The van der Waals surface area contributed by atoms with Gasteiger partial charge in [-0.05, 0) is 60.5 Å². The van der Waals surface area contributed by atoms with Crippen molar-refractivity contribution in [1.82, 2.24) is 19.4 Å². The van der Waals surface area contributed by atoms with Crippen molar-refractivity contribution in [2.45, 2.75) is 26.5 Å². The first-order valence-corrected chi connectivity index (χ1v) is 14.6. The third-order valence-corrected chi connectivity index (χ3v) is 7.89. The predicted molar refractivity (Wildman–Crippen MR) is 162 cm³/mol. The van der Waals surface area contributed by atoms with Crippen molar-refractivity contribution >= 4 is 17.0 Å². The molecular weight excluding hydrogens is 585 g/mol. The molecule has 8 nitrogen and oxygen atoms in total. The molecule has 6 rings (SSSR count). The predicted octanol–water partition coefficient (Wildman–Crippen LogP) is 6.02. The molecule has 1 aliphatic rings. The van der Waals surface area contributed by atoms with Crippen LogP contribution in [-0.4, -0.2) is 63.4 Å². The van der Waals surface area contributed by atoms with E-state index in [2.05, 4.69) is 14.9 Å². The van der Waals surface area contributed by atoms with Crippen LogP contribution < -0.4 is 4.74 Å². The number of carboxylic acid groups (broad SMARTS) is 1. The van der Waals surface area contributed by atoms with E-state index in [1.54, 1.807) is 49.4 Å². The maximum absolute atomic E-state index is 15.6. The topological polar surface area (TPSA) is 89.7 Å². The average Bonchev–Trinajstić information content (AvgIpc) is 3.37. The number of hydrogen-bond acceptors (Lipinski definition) is 6. The smallest absolute Gasteiger partial charge is 0.335 e. The van der Waals surface area contributed by atoms with E-state index in [9.17, 15) is 14.3 Å². The van der Waals surface area contributed by atoms with Crippen molar-refractivity contribution in [3.8, 4) is 17.1 Å². The van der Waals surface area contributed by atoms with Crippen LogP contribution in [0.2, 0.25) is 0 Å². The summed E-state index contributed by atoms with van der Waals surface area (Å²) in [5.74, 6) is -2.14. The van der Waals surface area contributed by atoms with Gasteiger partial charge in [-0.2, -0.15) is 0 Å². The molecule has 1 fully saturated rings. The molecule has 0 atom stereocenters. The Hall–Kier alpha value is -4.74. The molecule has 45 heavy (non-hydrogen) atoms. The molecule has 1 saturated heterocycles. The summed E-state index contributed by atoms with van der Waals surface area (Å²) in [5, 5.41) is 9.55. The monoisotopic (exact) mass is 616 g/mol. The van der Waals surface area contributed by atoms with E-state index in [0.717, 1.165) is 30.8 Å². The number of aromatic nitrogens is 3. The summed E-state index contributed by atoms with van der Waals surface area (Å²) >= 11 is 0. The molecule has 0 radical (unpaired) electrons. The van der Waals surface area contributed by atoms with Crippen LogP contribution in [0, 0.1) is 24.4 Å². The number of morpholine rings is 1. The largest absolute Gasteiger partial charge is 0.478 e. The van der Waals surface area contributed by atoms with Crippen LogP contribution in [0.3, 0.4) is 0 Å². The Labute approximate surface area is 257 Å². The second-order valence-electron chi connectivity index (χ2n) is 11.0. The number of halogens is 3. The Morgan fingerprint density at radius 2 is 1.71 bits per heavy atom. The van der Waals surface area contributed by atoms with E-state index < -0.39 is 23.4 Å². The minimum Gasteiger partial charge on any atom is -0.478 e. The highest BCUT2D eigenvalue weighted by molar-refractivity contribution is 5.92. The zero-order chi connectivity index (χ0) is 31.5. The van der Waals surface area contributed by atoms with Crippen molar-refractivity contribution < 1.29 is 32.5 Å². The number of aromatic carboxylic acids is 1. The quantitative estimate of drug-likeness (QED) is 0.205. The molecule has 2 aromatic heterocycles. The van der Waals surface area contributed by atoms with Crippen LogP contribution in [0.4, 0.5) is 13.2 Å². The van der Waals surface area contributed by atoms with Gasteiger partial charge in [0.1, 0.15) is 29.9 Å². The van der Waals surface area contributed by atoms with Crippen molar-refractivity contribution in [2.24, 2.45) is 0 Å². The summed E-state index contributed by atoms with van der Waals surface area (Å²) in [7, 11) is 0. The maximum Gasteiger partial charge on any atom is 0.335 e. The highest BCUT2D eigenvalue weighted by Crippen LogP contribution is 2.28. The standard InChI is InChI=1S/C34H31F3N4O4/c1-21-5-6-23(26(35)15-21)20-45-33-4-2-3-29(39-33)25-19-27(36)24(16-28(25)37)18-32-38-30-8-7-22(34(42)43)17-31(30)41(32)10-9-40-11-13-44-14-12-40/h2-8,15-17,19H,9-14,18,20H2,1H3,(H,42,43). The van der Waals surface area contributed by atoms with Crippen molar-refractivity contribution in [2.75, 3.05) is 32.8 Å². The SMILES string of the molecule is Cc1ccc(COc2cccc(-c3cc(F)c(Cc4nc5ccc(C(=O)O)cc5n4CCN4CCOCC4)cc3F)n2)c(F)c1. The molecule has 0 spiro atoms. The number of imidazole rings is 1. The lowest BCUT2D eigenvalue weighted by Crippen LogP contribution is -2.38. The van der Waals surface area contributed by atoms with Gasteiger partial charge in [0.25, 0.3) is 0 Å². The molecule has 5 aromatic rings. The maximum atomic E-state index is 15.6. The molecule has 1 aliphatic heterocycles.